The number of thiophene rings is 1. The third-order valence-corrected chi connectivity index (χ3v) is 11.5. The molecule has 0 unspecified atom stereocenters. The van der Waals surface area contributed by atoms with Crippen LogP contribution in [0.3, 0.4) is 0 Å². The zero-order valence-corrected chi connectivity index (χ0v) is 32.5. The number of amides is 5. The van der Waals surface area contributed by atoms with E-state index in [2.05, 4.69) is 31.6 Å². The predicted molar refractivity (Wildman–Crippen MR) is 219 cm³/mol. The first-order valence-electron chi connectivity index (χ1n) is 19.3. The molecule has 302 valence electrons. The zero-order chi connectivity index (χ0) is 40.4. The number of nitrogens with two attached hydrogens (primary N) is 3. The molecular formula is C41H51N9O6S. The van der Waals surface area contributed by atoms with Crippen molar-refractivity contribution >= 4 is 61.9 Å². The van der Waals surface area contributed by atoms with Crippen LogP contribution in [-0.4, -0.2) is 83.9 Å². The molecule has 0 spiro atoms. The SMILES string of the molecule is NCCCC[C@H](NC(=O)[C@H](Cc1ccco1)NC(=O)[C@@H](Cc1c[nH]c2ccccc12)NC(=O)[C@@H](Cc1cc2ccccc2s1)NC(=O)C1(N)CCNCC1)C(N)=O. The Morgan fingerprint density at radius 3 is 2.14 bits per heavy atom. The zero-order valence-electron chi connectivity index (χ0n) is 31.7. The Morgan fingerprint density at radius 1 is 0.789 bits per heavy atom. The maximum Gasteiger partial charge on any atom is 0.243 e. The molecule has 3 aromatic heterocycles. The molecule has 4 atom stereocenters. The average molecular weight is 798 g/mol. The van der Waals surface area contributed by atoms with Crippen LogP contribution in [0.15, 0.2) is 83.6 Å². The van der Waals surface area contributed by atoms with Crippen LogP contribution in [0.1, 0.15) is 48.3 Å². The number of benzene rings is 2. The Kier molecular flexibility index (Phi) is 13.7. The topological polar surface area (TPSA) is 252 Å². The second kappa shape index (κ2) is 19.1. The number of hydrogen-bond acceptors (Lipinski definition) is 10. The minimum absolute atomic E-state index is 0.0374. The first kappa shape index (κ1) is 41.1. The maximum absolute atomic E-state index is 14.5. The molecule has 1 aliphatic heterocycles. The standard InChI is InChI=1S/C41H51N9O6S/c42-16-6-5-12-31(36(43)51)47-38(53)33(22-27-9-7-19-56-27)49-37(52)32(21-26-24-46-30-11-3-2-10-29(26)30)48-39(54)34(50-40(55)41(44)14-17-45-18-15-41)23-28-20-25-8-1-4-13-35(25)57-28/h1-4,7-11,13,19-20,24,31-34,45-46H,5-6,12,14-18,21-23,42,44H2,(H2,43,51)(H,47,53)(H,48,54)(H,49,52)(H,50,55)/t31-,32+,33-,34+/m0/s1. The van der Waals surface area contributed by atoms with E-state index in [9.17, 15) is 24.0 Å². The molecule has 1 aliphatic rings. The molecule has 5 aromatic rings. The summed E-state index contributed by atoms with van der Waals surface area (Å²) in [5, 5.41) is 16.4. The first-order chi connectivity index (χ1) is 27.5. The number of aromatic amines is 1. The van der Waals surface area contributed by atoms with Crippen molar-refractivity contribution in [2.75, 3.05) is 19.6 Å². The van der Waals surface area contributed by atoms with Crippen molar-refractivity contribution in [3.8, 4) is 0 Å². The quantitative estimate of drug-likeness (QED) is 0.0550. The predicted octanol–water partition coefficient (Wildman–Crippen LogP) is 1.64. The molecule has 16 heteroatoms. The van der Waals surface area contributed by atoms with Gasteiger partial charge < -0.3 is 53.2 Å². The summed E-state index contributed by atoms with van der Waals surface area (Å²) in [5.41, 5.74) is 18.3. The van der Waals surface area contributed by atoms with E-state index in [1.165, 1.54) is 17.6 Å². The highest BCUT2D eigenvalue weighted by molar-refractivity contribution is 7.19. The number of piperidine rings is 1. The normalized spacial score (nSPS) is 16.0. The Bertz CT molecular complexity index is 2130. The lowest BCUT2D eigenvalue weighted by molar-refractivity contribution is -0.135. The largest absolute Gasteiger partial charge is 0.469 e. The van der Waals surface area contributed by atoms with E-state index in [0.29, 0.717) is 51.1 Å². The fourth-order valence-corrected chi connectivity index (χ4v) is 8.22. The number of furan rings is 1. The number of H-pyrrole nitrogens is 1. The van der Waals surface area contributed by atoms with E-state index >= 15 is 0 Å². The number of nitrogens with one attached hydrogen (secondary N) is 6. The monoisotopic (exact) mass is 797 g/mol. The van der Waals surface area contributed by atoms with Crippen molar-refractivity contribution in [3.05, 3.63) is 95.4 Å². The van der Waals surface area contributed by atoms with E-state index in [1.54, 1.807) is 18.3 Å². The smallest absolute Gasteiger partial charge is 0.243 e. The van der Waals surface area contributed by atoms with Crippen LogP contribution in [0.2, 0.25) is 0 Å². The van der Waals surface area contributed by atoms with Crippen molar-refractivity contribution in [2.45, 2.75) is 81.1 Å². The Morgan fingerprint density at radius 2 is 1.46 bits per heavy atom. The Labute approximate surface area is 334 Å². The van der Waals surface area contributed by atoms with Gasteiger partial charge in [0, 0.05) is 45.9 Å². The van der Waals surface area contributed by atoms with Gasteiger partial charge in [0.2, 0.25) is 29.5 Å². The van der Waals surface area contributed by atoms with Gasteiger partial charge in [0.05, 0.1) is 11.8 Å². The third kappa shape index (κ3) is 10.7. The first-order valence-corrected chi connectivity index (χ1v) is 20.1. The molecule has 0 radical (unpaired) electrons. The van der Waals surface area contributed by atoms with Crippen LogP contribution in [0.5, 0.6) is 0 Å². The van der Waals surface area contributed by atoms with E-state index in [1.807, 2.05) is 54.6 Å². The second-order valence-corrected chi connectivity index (χ2v) is 15.8. The summed E-state index contributed by atoms with van der Waals surface area (Å²) < 4.78 is 6.56. The highest BCUT2D eigenvalue weighted by Gasteiger charge is 2.38. The summed E-state index contributed by atoms with van der Waals surface area (Å²) in [7, 11) is 0. The Hall–Kier alpha value is -5.55. The molecule has 1 saturated heterocycles. The molecule has 0 aliphatic carbocycles. The minimum Gasteiger partial charge on any atom is -0.469 e. The molecular weight excluding hydrogens is 747 g/mol. The molecule has 5 amide bonds. The van der Waals surface area contributed by atoms with Crippen molar-refractivity contribution < 1.29 is 28.4 Å². The molecule has 12 N–H and O–H groups in total. The molecule has 0 saturated carbocycles. The van der Waals surface area contributed by atoms with Gasteiger partial charge in [-0.25, -0.2) is 0 Å². The van der Waals surface area contributed by atoms with Gasteiger partial charge in [-0.3, -0.25) is 24.0 Å². The fourth-order valence-electron chi connectivity index (χ4n) is 7.11. The number of carbonyl (C=O) groups is 5. The number of unbranched alkanes of at least 4 members (excludes halogenated alkanes) is 1. The van der Waals surface area contributed by atoms with Crippen molar-refractivity contribution in [1.29, 1.82) is 0 Å². The van der Waals surface area contributed by atoms with Crippen molar-refractivity contribution in [3.63, 3.8) is 0 Å². The fraction of sp³-hybridized carbons (Fsp3) is 0.390. The lowest BCUT2D eigenvalue weighted by atomic mass is 9.88. The molecule has 2 aromatic carbocycles. The number of para-hydroxylation sites is 1. The molecule has 1 fully saturated rings. The van der Waals surface area contributed by atoms with Gasteiger partial charge >= 0.3 is 0 Å². The summed E-state index contributed by atoms with van der Waals surface area (Å²) in [4.78, 5) is 73.0. The number of carbonyl (C=O) groups excluding carboxylic acids is 5. The summed E-state index contributed by atoms with van der Waals surface area (Å²) in [6, 6.07) is 16.2. The van der Waals surface area contributed by atoms with Crippen LogP contribution in [-0.2, 0) is 43.2 Å². The van der Waals surface area contributed by atoms with Gasteiger partial charge in [-0.05, 0) is 93.0 Å². The number of fused-ring (bicyclic) bond motifs is 2. The number of primary amides is 1. The van der Waals surface area contributed by atoms with Crippen LogP contribution in [0.4, 0.5) is 0 Å². The van der Waals surface area contributed by atoms with Gasteiger partial charge in [-0.1, -0.05) is 36.4 Å². The number of hydrogen-bond donors (Lipinski definition) is 9. The molecule has 15 nitrogen and oxygen atoms in total. The highest BCUT2D eigenvalue weighted by atomic mass is 32.1. The summed E-state index contributed by atoms with van der Waals surface area (Å²) in [6.07, 6.45) is 5.60. The molecule has 0 bridgehead atoms. The third-order valence-electron chi connectivity index (χ3n) is 10.4. The maximum atomic E-state index is 14.5. The van der Waals surface area contributed by atoms with Crippen LogP contribution in [0.25, 0.3) is 21.0 Å². The highest BCUT2D eigenvalue weighted by Crippen LogP contribution is 2.27. The van der Waals surface area contributed by atoms with Crippen molar-refractivity contribution in [2.24, 2.45) is 17.2 Å². The molecule has 4 heterocycles. The van der Waals surface area contributed by atoms with Gasteiger partial charge in [0.1, 0.15) is 29.9 Å². The van der Waals surface area contributed by atoms with Crippen LogP contribution in [0, 0.1) is 0 Å². The molecule has 6 rings (SSSR count). The summed E-state index contributed by atoms with van der Waals surface area (Å²) in [5.74, 6) is -2.68. The van der Waals surface area contributed by atoms with Crippen LogP contribution >= 0.6 is 11.3 Å². The van der Waals surface area contributed by atoms with E-state index in [0.717, 1.165) is 31.4 Å². The van der Waals surface area contributed by atoms with Crippen molar-refractivity contribution in [1.82, 2.24) is 31.6 Å². The summed E-state index contributed by atoms with van der Waals surface area (Å²) in [6.45, 7) is 1.54. The molecule has 57 heavy (non-hydrogen) atoms. The lowest BCUT2D eigenvalue weighted by Crippen LogP contribution is -2.63. The van der Waals surface area contributed by atoms with E-state index in [-0.39, 0.29) is 25.7 Å². The minimum atomic E-state index is -1.22. The lowest BCUT2D eigenvalue weighted by Gasteiger charge is -2.34. The summed E-state index contributed by atoms with van der Waals surface area (Å²) >= 11 is 1.51. The van der Waals surface area contributed by atoms with E-state index in [4.69, 9.17) is 21.6 Å². The average Bonchev–Trinajstić information content (AvgIpc) is 3.97. The van der Waals surface area contributed by atoms with Gasteiger partial charge in [-0.15, -0.1) is 11.3 Å². The van der Waals surface area contributed by atoms with E-state index < -0.39 is 59.2 Å². The van der Waals surface area contributed by atoms with Gasteiger partial charge in [-0.2, -0.15) is 0 Å². The van der Waals surface area contributed by atoms with Gasteiger partial charge in [0.25, 0.3) is 0 Å². The second-order valence-electron chi connectivity index (χ2n) is 14.6. The Balaban J connectivity index is 1.29. The number of aromatic nitrogens is 1. The number of rotatable bonds is 19. The van der Waals surface area contributed by atoms with Crippen LogP contribution < -0.4 is 43.8 Å². The van der Waals surface area contributed by atoms with Gasteiger partial charge in [0.15, 0.2) is 0 Å².